The molecule has 0 saturated heterocycles. The Morgan fingerprint density at radius 3 is 3.00 bits per heavy atom. The Hall–Kier alpha value is -1.46. The van der Waals surface area contributed by atoms with Crippen LogP contribution < -0.4 is 10.6 Å². The van der Waals surface area contributed by atoms with Crippen molar-refractivity contribution >= 4 is 11.6 Å². The molecule has 2 N–H and O–H groups in total. The minimum Gasteiger partial charge on any atom is -0.370 e. The normalized spacial score (nSPS) is 10.2. The zero-order valence-corrected chi connectivity index (χ0v) is 9.83. The molecule has 0 aliphatic rings. The van der Waals surface area contributed by atoms with Crippen LogP contribution in [0.15, 0.2) is 24.3 Å². The highest BCUT2D eigenvalue weighted by Crippen LogP contribution is 2.08. The Morgan fingerprint density at radius 1 is 1.47 bits per heavy atom. The maximum atomic E-state index is 12.8. The van der Waals surface area contributed by atoms with Crippen molar-refractivity contribution in [2.45, 2.75) is 6.92 Å². The van der Waals surface area contributed by atoms with Crippen LogP contribution in [0, 0.1) is 5.82 Å². The summed E-state index contributed by atoms with van der Waals surface area (Å²) in [5.74, 6) is -0.664. The molecule has 0 aliphatic heterocycles. The van der Waals surface area contributed by atoms with Gasteiger partial charge in [-0.3, -0.25) is 4.79 Å². The molecule has 0 radical (unpaired) electrons. The molecule has 0 fully saturated rings. The van der Waals surface area contributed by atoms with Gasteiger partial charge >= 0.3 is 0 Å². The second kappa shape index (κ2) is 7.76. The maximum absolute atomic E-state index is 12.8. The number of rotatable bonds is 7. The monoisotopic (exact) mass is 240 g/mol. The standard InChI is InChI=1S/C12H17FN2O2/c1-2-14-6-7-17-9-12(16)15-11-5-3-4-10(13)8-11/h3-5,8,14H,2,6-7,9H2,1H3,(H,15,16). The first-order valence-electron chi connectivity index (χ1n) is 5.56. The van der Waals surface area contributed by atoms with Crippen LogP contribution in [0.5, 0.6) is 0 Å². The molecule has 0 unspecified atom stereocenters. The Bertz CT molecular complexity index is 358. The summed E-state index contributed by atoms with van der Waals surface area (Å²) in [6.07, 6.45) is 0. The van der Waals surface area contributed by atoms with Crippen molar-refractivity contribution in [2.75, 3.05) is 31.6 Å². The third-order valence-electron chi connectivity index (χ3n) is 2.01. The van der Waals surface area contributed by atoms with E-state index in [2.05, 4.69) is 10.6 Å². The van der Waals surface area contributed by atoms with E-state index in [4.69, 9.17) is 4.74 Å². The molecular formula is C12H17FN2O2. The lowest BCUT2D eigenvalue weighted by Gasteiger charge is -2.06. The number of hydrogen-bond acceptors (Lipinski definition) is 3. The van der Waals surface area contributed by atoms with Crippen molar-refractivity contribution in [2.24, 2.45) is 0 Å². The highest BCUT2D eigenvalue weighted by molar-refractivity contribution is 5.91. The van der Waals surface area contributed by atoms with Gasteiger partial charge in [0.05, 0.1) is 6.61 Å². The zero-order valence-electron chi connectivity index (χ0n) is 9.83. The Kier molecular flexibility index (Phi) is 6.21. The summed E-state index contributed by atoms with van der Waals surface area (Å²) in [6, 6.07) is 5.75. The maximum Gasteiger partial charge on any atom is 0.250 e. The van der Waals surface area contributed by atoms with Crippen LogP contribution >= 0.6 is 0 Å². The molecule has 1 amide bonds. The molecule has 0 atom stereocenters. The van der Waals surface area contributed by atoms with E-state index in [1.54, 1.807) is 6.07 Å². The van der Waals surface area contributed by atoms with Crippen LogP contribution in [-0.2, 0) is 9.53 Å². The lowest BCUT2D eigenvalue weighted by atomic mass is 10.3. The van der Waals surface area contributed by atoms with Crippen LogP contribution in [0.25, 0.3) is 0 Å². The molecular weight excluding hydrogens is 223 g/mol. The number of hydrogen-bond donors (Lipinski definition) is 2. The van der Waals surface area contributed by atoms with Crippen LogP contribution in [0.1, 0.15) is 6.92 Å². The highest BCUT2D eigenvalue weighted by Gasteiger charge is 2.02. The average Bonchev–Trinajstić information content (AvgIpc) is 2.29. The van der Waals surface area contributed by atoms with Gasteiger partial charge in [-0.05, 0) is 24.7 Å². The first-order valence-corrected chi connectivity index (χ1v) is 5.56. The van der Waals surface area contributed by atoms with Gasteiger partial charge in [-0.2, -0.15) is 0 Å². The number of likely N-dealkylation sites (N-methyl/N-ethyl adjacent to an activating group) is 1. The second-order valence-electron chi connectivity index (χ2n) is 3.46. The van der Waals surface area contributed by atoms with E-state index in [0.29, 0.717) is 18.8 Å². The van der Waals surface area contributed by atoms with E-state index >= 15 is 0 Å². The molecule has 4 nitrogen and oxygen atoms in total. The summed E-state index contributed by atoms with van der Waals surface area (Å²) in [5, 5.41) is 5.62. The van der Waals surface area contributed by atoms with Gasteiger partial charge in [-0.1, -0.05) is 13.0 Å². The van der Waals surface area contributed by atoms with Crippen LogP contribution in [-0.4, -0.2) is 32.2 Å². The largest absolute Gasteiger partial charge is 0.370 e. The second-order valence-corrected chi connectivity index (χ2v) is 3.46. The van der Waals surface area contributed by atoms with Crippen LogP contribution in [0.4, 0.5) is 10.1 Å². The number of benzene rings is 1. The first kappa shape index (κ1) is 13.6. The SMILES string of the molecule is CCNCCOCC(=O)Nc1cccc(F)c1. The van der Waals surface area contributed by atoms with Crippen LogP contribution in [0.3, 0.4) is 0 Å². The van der Waals surface area contributed by atoms with Gasteiger partial charge < -0.3 is 15.4 Å². The number of amides is 1. The van der Waals surface area contributed by atoms with Gasteiger partial charge in [0.15, 0.2) is 0 Å². The lowest BCUT2D eigenvalue weighted by Crippen LogP contribution is -2.23. The van der Waals surface area contributed by atoms with E-state index in [9.17, 15) is 9.18 Å². The van der Waals surface area contributed by atoms with Crippen molar-refractivity contribution in [1.82, 2.24) is 5.32 Å². The van der Waals surface area contributed by atoms with Gasteiger partial charge in [0.25, 0.3) is 0 Å². The summed E-state index contributed by atoms with van der Waals surface area (Å²) < 4.78 is 17.9. The zero-order chi connectivity index (χ0) is 12.5. The van der Waals surface area contributed by atoms with E-state index in [-0.39, 0.29) is 18.3 Å². The number of anilines is 1. The van der Waals surface area contributed by atoms with Crippen molar-refractivity contribution in [1.29, 1.82) is 0 Å². The van der Waals surface area contributed by atoms with Gasteiger partial charge in [0.1, 0.15) is 12.4 Å². The van der Waals surface area contributed by atoms with Gasteiger partial charge in [0.2, 0.25) is 5.91 Å². The predicted octanol–water partition coefficient (Wildman–Crippen LogP) is 1.39. The first-order chi connectivity index (χ1) is 8.22. The summed E-state index contributed by atoms with van der Waals surface area (Å²) >= 11 is 0. The molecule has 0 aromatic heterocycles. The molecule has 5 heteroatoms. The Balaban J connectivity index is 2.21. The lowest BCUT2D eigenvalue weighted by molar-refractivity contribution is -0.120. The quantitative estimate of drug-likeness (QED) is 0.708. The van der Waals surface area contributed by atoms with Gasteiger partial charge in [-0.15, -0.1) is 0 Å². The molecule has 0 bridgehead atoms. The Labute approximate surface area is 100 Å². The van der Waals surface area contributed by atoms with Crippen molar-refractivity contribution in [3.63, 3.8) is 0 Å². The van der Waals surface area contributed by atoms with E-state index < -0.39 is 0 Å². The number of halogens is 1. The average molecular weight is 240 g/mol. The van der Waals surface area contributed by atoms with E-state index in [1.165, 1.54) is 18.2 Å². The van der Waals surface area contributed by atoms with E-state index in [1.807, 2.05) is 6.92 Å². The molecule has 1 aromatic carbocycles. The van der Waals surface area contributed by atoms with Crippen LogP contribution in [0.2, 0.25) is 0 Å². The molecule has 1 rings (SSSR count). The summed E-state index contributed by atoms with van der Waals surface area (Å²) in [7, 11) is 0. The topological polar surface area (TPSA) is 50.4 Å². The van der Waals surface area contributed by atoms with Gasteiger partial charge in [-0.25, -0.2) is 4.39 Å². The van der Waals surface area contributed by atoms with Crippen molar-refractivity contribution in [3.05, 3.63) is 30.1 Å². The smallest absolute Gasteiger partial charge is 0.250 e. The molecule has 0 saturated carbocycles. The number of ether oxygens (including phenoxy) is 1. The molecule has 17 heavy (non-hydrogen) atoms. The summed E-state index contributed by atoms with van der Waals surface area (Å²) in [6.45, 7) is 4.03. The number of carbonyl (C=O) groups is 1. The number of nitrogens with one attached hydrogen (secondary N) is 2. The molecule has 0 heterocycles. The molecule has 1 aromatic rings. The molecule has 0 spiro atoms. The minimum atomic E-state index is -0.379. The highest BCUT2D eigenvalue weighted by atomic mass is 19.1. The van der Waals surface area contributed by atoms with Crippen molar-refractivity contribution in [3.8, 4) is 0 Å². The molecule has 0 aliphatic carbocycles. The fraction of sp³-hybridized carbons (Fsp3) is 0.417. The van der Waals surface area contributed by atoms with E-state index in [0.717, 1.165) is 6.54 Å². The summed E-state index contributed by atoms with van der Waals surface area (Å²) in [5.41, 5.74) is 0.435. The van der Waals surface area contributed by atoms with Gasteiger partial charge in [0, 0.05) is 12.2 Å². The fourth-order valence-electron chi connectivity index (χ4n) is 1.25. The Morgan fingerprint density at radius 2 is 2.29 bits per heavy atom. The molecule has 94 valence electrons. The predicted molar refractivity (Wildman–Crippen MR) is 64.4 cm³/mol. The third kappa shape index (κ3) is 5.99. The third-order valence-corrected chi connectivity index (χ3v) is 2.01. The minimum absolute atomic E-state index is 0.0259. The van der Waals surface area contributed by atoms with Crippen molar-refractivity contribution < 1.29 is 13.9 Å². The fourth-order valence-corrected chi connectivity index (χ4v) is 1.25. The summed E-state index contributed by atoms with van der Waals surface area (Å²) in [4.78, 5) is 11.4. The number of carbonyl (C=O) groups excluding carboxylic acids is 1.